The molecular formula is C19H28N4O3. The van der Waals surface area contributed by atoms with Gasteiger partial charge >= 0.3 is 5.97 Å². The number of aromatic nitrogens is 2. The van der Waals surface area contributed by atoms with Gasteiger partial charge in [-0.1, -0.05) is 19.3 Å². The van der Waals surface area contributed by atoms with Gasteiger partial charge in [0.15, 0.2) is 0 Å². The number of ether oxygens (including phenoxy) is 1. The number of amides is 1. The van der Waals surface area contributed by atoms with E-state index in [1.165, 1.54) is 63.8 Å². The third-order valence-corrected chi connectivity index (χ3v) is 4.75. The second-order valence-electron chi connectivity index (χ2n) is 6.74. The highest BCUT2D eigenvalue weighted by atomic mass is 16.5. The van der Waals surface area contributed by atoms with Crippen LogP contribution in [-0.2, 0) is 14.3 Å². The van der Waals surface area contributed by atoms with Crippen molar-refractivity contribution in [3.05, 3.63) is 24.2 Å². The Morgan fingerprint density at radius 3 is 2.54 bits per heavy atom. The van der Waals surface area contributed by atoms with Gasteiger partial charge in [0, 0.05) is 12.1 Å². The Kier molecular flexibility index (Phi) is 7.56. The molecule has 2 atom stereocenters. The lowest BCUT2D eigenvalue weighted by Gasteiger charge is -2.29. The zero-order valence-electron chi connectivity index (χ0n) is 15.7. The monoisotopic (exact) mass is 360 g/mol. The number of anilines is 1. The molecule has 1 amide bonds. The number of rotatable bonds is 7. The molecule has 1 saturated carbocycles. The predicted molar refractivity (Wildman–Crippen MR) is 100 cm³/mol. The van der Waals surface area contributed by atoms with Crippen LogP contribution in [0.2, 0.25) is 0 Å². The van der Waals surface area contributed by atoms with Crippen molar-refractivity contribution in [1.29, 1.82) is 0 Å². The highest BCUT2D eigenvalue weighted by Crippen LogP contribution is 2.26. The van der Waals surface area contributed by atoms with Crippen molar-refractivity contribution in [2.45, 2.75) is 58.0 Å². The van der Waals surface area contributed by atoms with Crippen molar-refractivity contribution in [2.24, 2.45) is 5.92 Å². The molecule has 142 valence electrons. The first-order valence-corrected chi connectivity index (χ1v) is 9.14. The van der Waals surface area contributed by atoms with Crippen molar-refractivity contribution in [1.82, 2.24) is 15.3 Å². The van der Waals surface area contributed by atoms with Crippen molar-refractivity contribution in [2.75, 3.05) is 12.4 Å². The molecule has 26 heavy (non-hydrogen) atoms. The van der Waals surface area contributed by atoms with Crippen molar-refractivity contribution >= 4 is 23.8 Å². The Morgan fingerprint density at radius 2 is 1.92 bits per heavy atom. The van der Waals surface area contributed by atoms with Crippen LogP contribution in [0.3, 0.4) is 0 Å². The lowest BCUT2D eigenvalue weighted by atomic mass is 9.84. The van der Waals surface area contributed by atoms with Crippen molar-refractivity contribution in [3.63, 3.8) is 0 Å². The van der Waals surface area contributed by atoms with Gasteiger partial charge in [0.2, 0.25) is 5.91 Å². The van der Waals surface area contributed by atoms with E-state index in [1.54, 1.807) is 6.92 Å². The van der Waals surface area contributed by atoms with E-state index in [1.807, 2.05) is 0 Å². The van der Waals surface area contributed by atoms with Crippen LogP contribution in [0.1, 0.15) is 51.6 Å². The number of hydrogen-bond donors (Lipinski definition) is 2. The molecule has 0 spiro atoms. The molecule has 1 fully saturated rings. The van der Waals surface area contributed by atoms with E-state index < -0.39 is 12.0 Å². The Morgan fingerprint density at radius 1 is 1.19 bits per heavy atom. The molecule has 0 unspecified atom stereocenters. The fraction of sp³-hybridized carbons (Fsp3) is 0.579. The molecule has 1 aromatic heterocycles. The number of esters is 1. The summed E-state index contributed by atoms with van der Waals surface area (Å²) in [6.07, 6.45) is 12.0. The average molecular weight is 360 g/mol. The van der Waals surface area contributed by atoms with Crippen LogP contribution in [0.5, 0.6) is 0 Å². The molecule has 1 aliphatic rings. The molecule has 0 saturated heterocycles. The summed E-state index contributed by atoms with van der Waals surface area (Å²) in [5.74, 6) is 0.583. The van der Waals surface area contributed by atoms with Crippen LogP contribution in [-0.4, -0.2) is 41.0 Å². The van der Waals surface area contributed by atoms with Gasteiger partial charge in [0.05, 0.1) is 25.2 Å². The predicted octanol–water partition coefficient (Wildman–Crippen LogP) is 2.55. The highest BCUT2D eigenvalue weighted by molar-refractivity contribution is 5.86. The molecule has 2 rings (SSSR count). The maximum Gasteiger partial charge on any atom is 0.330 e. The highest BCUT2D eigenvalue weighted by Gasteiger charge is 2.23. The van der Waals surface area contributed by atoms with E-state index >= 15 is 0 Å². The van der Waals surface area contributed by atoms with Gasteiger partial charge in [-0.3, -0.25) is 9.78 Å². The molecule has 7 nitrogen and oxygen atoms in total. The molecule has 7 heteroatoms. The number of methoxy groups -OCH3 is 1. The van der Waals surface area contributed by atoms with E-state index in [4.69, 9.17) is 0 Å². The maximum atomic E-state index is 12.4. The van der Waals surface area contributed by atoms with E-state index in [2.05, 4.69) is 32.3 Å². The summed E-state index contributed by atoms with van der Waals surface area (Å²) in [6.45, 7) is 3.89. The van der Waals surface area contributed by atoms with E-state index in [9.17, 15) is 9.59 Å². The fourth-order valence-corrected chi connectivity index (χ4v) is 3.11. The first-order valence-electron chi connectivity index (χ1n) is 9.14. The summed E-state index contributed by atoms with van der Waals surface area (Å²) in [7, 11) is 1.31. The van der Waals surface area contributed by atoms with Gasteiger partial charge in [-0.2, -0.15) is 0 Å². The number of hydrogen-bond acceptors (Lipinski definition) is 6. The maximum absolute atomic E-state index is 12.4. The second-order valence-corrected chi connectivity index (χ2v) is 6.74. The molecule has 2 N–H and O–H groups in total. The minimum atomic E-state index is -0.452. The minimum absolute atomic E-state index is 0.0421. The molecule has 1 aromatic rings. The fourth-order valence-electron chi connectivity index (χ4n) is 3.11. The minimum Gasteiger partial charge on any atom is -0.466 e. The van der Waals surface area contributed by atoms with Crippen LogP contribution < -0.4 is 10.6 Å². The zero-order valence-corrected chi connectivity index (χ0v) is 15.7. The van der Waals surface area contributed by atoms with Crippen LogP contribution in [0.4, 0.5) is 5.82 Å². The molecule has 0 radical (unpaired) electrons. The topological polar surface area (TPSA) is 93.2 Å². The third kappa shape index (κ3) is 6.13. The summed E-state index contributed by atoms with van der Waals surface area (Å²) in [5.41, 5.74) is 0.531. The largest absolute Gasteiger partial charge is 0.466 e. The summed E-state index contributed by atoms with van der Waals surface area (Å²) >= 11 is 0. The number of nitrogens with zero attached hydrogens (tertiary/aromatic N) is 2. The summed E-state index contributed by atoms with van der Waals surface area (Å²) in [5, 5.41) is 6.16. The molecule has 1 aliphatic carbocycles. The Hall–Kier alpha value is -2.44. The number of carbonyl (C=O) groups is 2. The van der Waals surface area contributed by atoms with Gasteiger partial charge in [-0.05, 0) is 38.7 Å². The number of nitrogens with one attached hydrogen (secondary N) is 2. The smallest absolute Gasteiger partial charge is 0.330 e. The summed E-state index contributed by atoms with van der Waals surface area (Å²) < 4.78 is 4.52. The first kappa shape index (κ1) is 19.9. The Balaban J connectivity index is 1.84. The van der Waals surface area contributed by atoms with E-state index in [-0.39, 0.29) is 11.9 Å². The normalized spacial score (nSPS) is 17.5. The summed E-state index contributed by atoms with van der Waals surface area (Å²) in [6, 6.07) is -0.226. The molecule has 0 bridgehead atoms. The molecule has 0 aliphatic heterocycles. The van der Waals surface area contributed by atoms with Crippen LogP contribution in [0.25, 0.3) is 6.08 Å². The van der Waals surface area contributed by atoms with E-state index in [0.29, 0.717) is 17.4 Å². The number of carbonyl (C=O) groups excluding carboxylic acids is 2. The van der Waals surface area contributed by atoms with Gasteiger partial charge < -0.3 is 15.4 Å². The van der Waals surface area contributed by atoms with Crippen LogP contribution in [0.15, 0.2) is 18.5 Å². The van der Waals surface area contributed by atoms with Crippen LogP contribution in [0, 0.1) is 5.92 Å². The van der Waals surface area contributed by atoms with E-state index in [0.717, 1.165) is 0 Å². The quantitative estimate of drug-likeness (QED) is 0.573. The van der Waals surface area contributed by atoms with Gasteiger partial charge in [-0.15, -0.1) is 0 Å². The van der Waals surface area contributed by atoms with Gasteiger partial charge in [-0.25, -0.2) is 9.78 Å². The SMILES string of the molecule is COC(=O)C=Cc1cnc(N[C@H](C)C(=O)N[C@H](C)C2CCCCC2)cn1. The molecule has 0 aromatic carbocycles. The third-order valence-electron chi connectivity index (χ3n) is 4.75. The Labute approximate surface area is 154 Å². The van der Waals surface area contributed by atoms with Crippen LogP contribution >= 0.6 is 0 Å². The van der Waals surface area contributed by atoms with Gasteiger partial charge in [0.25, 0.3) is 0 Å². The lowest BCUT2D eigenvalue weighted by Crippen LogP contribution is -2.45. The Bertz CT molecular complexity index is 624. The zero-order chi connectivity index (χ0) is 18.9. The van der Waals surface area contributed by atoms with Crippen molar-refractivity contribution in [3.8, 4) is 0 Å². The first-order chi connectivity index (χ1) is 12.5. The second kappa shape index (κ2) is 9.89. The standard InChI is InChI=1S/C19H28N4O3/c1-13(15-7-5-4-6-8-15)23-19(25)14(2)22-17-12-20-16(11-21-17)9-10-18(24)26-3/h9-15H,4-8H2,1-3H3,(H,21,22)(H,23,25)/t13-,14-/m1/s1. The molecular weight excluding hydrogens is 332 g/mol. The average Bonchev–Trinajstić information content (AvgIpc) is 2.67. The van der Waals surface area contributed by atoms with Crippen molar-refractivity contribution < 1.29 is 14.3 Å². The molecule has 1 heterocycles. The lowest BCUT2D eigenvalue weighted by molar-refractivity contribution is -0.134. The summed E-state index contributed by atoms with van der Waals surface area (Å²) in [4.78, 5) is 31.9. The van der Waals surface area contributed by atoms with Gasteiger partial charge in [0.1, 0.15) is 11.9 Å².